The maximum absolute atomic E-state index is 10.0. The number of aromatic nitrogens is 1. The van der Waals surface area contributed by atoms with Gasteiger partial charge in [0.05, 0.1) is 18.9 Å². The summed E-state index contributed by atoms with van der Waals surface area (Å²) in [5, 5.41) is 16.2. The van der Waals surface area contributed by atoms with Gasteiger partial charge in [0.2, 0.25) is 0 Å². The van der Waals surface area contributed by atoms with E-state index >= 15 is 0 Å². The van der Waals surface area contributed by atoms with Gasteiger partial charge >= 0.3 is 0 Å². The number of hydrogen-bond donors (Lipinski definition) is 3. The molecule has 114 valence electrons. The first-order chi connectivity index (χ1) is 9.79. The third-order valence-electron chi connectivity index (χ3n) is 2.79. The normalized spacial score (nSPS) is 12.4. The lowest BCUT2D eigenvalue weighted by atomic mass is 10.1. The van der Waals surface area contributed by atoms with Crippen LogP contribution in [0.2, 0.25) is 0 Å². The van der Waals surface area contributed by atoms with Crippen molar-refractivity contribution in [3.63, 3.8) is 0 Å². The van der Waals surface area contributed by atoms with Crippen LogP contribution in [0.1, 0.15) is 17.4 Å². The van der Waals surface area contributed by atoms with Crippen molar-refractivity contribution in [2.24, 2.45) is 4.99 Å². The van der Waals surface area contributed by atoms with Gasteiger partial charge in [0.25, 0.3) is 0 Å². The van der Waals surface area contributed by atoms with Crippen LogP contribution in [0.3, 0.4) is 0 Å². The molecule has 0 spiro atoms. The van der Waals surface area contributed by atoms with Crippen LogP contribution in [-0.2, 0) is 6.54 Å². The molecule has 1 unspecified atom stereocenters. The predicted molar refractivity (Wildman–Crippen MR) is 91.5 cm³/mol. The van der Waals surface area contributed by atoms with Gasteiger partial charge in [0.1, 0.15) is 5.76 Å². The van der Waals surface area contributed by atoms with Crippen molar-refractivity contribution in [3.05, 3.63) is 54.2 Å². The molecule has 0 radical (unpaired) electrons. The Balaban J connectivity index is 0.00000220. The van der Waals surface area contributed by atoms with Gasteiger partial charge in [-0.2, -0.15) is 0 Å². The van der Waals surface area contributed by atoms with Crippen molar-refractivity contribution in [2.45, 2.75) is 12.6 Å². The summed E-state index contributed by atoms with van der Waals surface area (Å²) >= 11 is 0. The summed E-state index contributed by atoms with van der Waals surface area (Å²) in [6.45, 7) is 0.903. The molecule has 2 aromatic rings. The van der Waals surface area contributed by atoms with Gasteiger partial charge < -0.3 is 20.2 Å². The van der Waals surface area contributed by atoms with Crippen molar-refractivity contribution in [2.75, 3.05) is 13.6 Å². The van der Waals surface area contributed by atoms with Crippen molar-refractivity contribution in [1.29, 1.82) is 0 Å². The number of aliphatic imine (C=N–C) groups is 1. The zero-order chi connectivity index (χ0) is 14.2. The Hall–Kier alpha value is -1.61. The van der Waals surface area contributed by atoms with Crippen molar-refractivity contribution < 1.29 is 9.52 Å². The van der Waals surface area contributed by atoms with Crippen LogP contribution in [-0.4, -0.2) is 29.6 Å². The van der Waals surface area contributed by atoms with Crippen LogP contribution in [0.15, 0.2) is 52.3 Å². The Morgan fingerprint density at radius 3 is 2.71 bits per heavy atom. The molecule has 21 heavy (non-hydrogen) atoms. The molecule has 0 amide bonds. The van der Waals surface area contributed by atoms with E-state index in [1.807, 2.05) is 12.1 Å². The average molecular weight is 402 g/mol. The third-order valence-corrected chi connectivity index (χ3v) is 2.79. The molecule has 0 aliphatic heterocycles. The summed E-state index contributed by atoms with van der Waals surface area (Å²) in [4.78, 5) is 8.00. The second-order valence-electron chi connectivity index (χ2n) is 4.18. The molecule has 0 saturated heterocycles. The first-order valence-corrected chi connectivity index (χ1v) is 6.34. The number of guanidine groups is 1. The van der Waals surface area contributed by atoms with E-state index in [2.05, 4.69) is 20.6 Å². The van der Waals surface area contributed by atoms with Gasteiger partial charge in [-0.15, -0.1) is 24.0 Å². The van der Waals surface area contributed by atoms with Crippen molar-refractivity contribution in [1.82, 2.24) is 15.6 Å². The van der Waals surface area contributed by atoms with E-state index in [1.54, 1.807) is 37.8 Å². The van der Waals surface area contributed by atoms with Crippen LogP contribution >= 0.6 is 24.0 Å². The lowest BCUT2D eigenvalue weighted by Gasteiger charge is -2.15. The van der Waals surface area contributed by atoms with Crippen LogP contribution < -0.4 is 10.6 Å². The summed E-state index contributed by atoms with van der Waals surface area (Å²) in [6, 6.07) is 7.28. The molecule has 0 aliphatic rings. The largest absolute Gasteiger partial charge is 0.467 e. The van der Waals surface area contributed by atoms with Crippen LogP contribution in [0.4, 0.5) is 0 Å². The summed E-state index contributed by atoms with van der Waals surface area (Å²) in [5.74, 6) is 1.43. The second kappa shape index (κ2) is 9.35. The second-order valence-corrected chi connectivity index (χ2v) is 4.18. The number of halogens is 1. The average Bonchev–Trinajstić information content (AvgIpc) is 3.01. The fourth-order valence-corrected chi connectivity index (χ4v) is 1.70. The molecule has 0 aromatic carbocycles. The standard InChI is InChI=1S/C14H18N4O2.HI/c1-15-14(17-9-12-3-2-8-20-12)18-10-13(19)11-4-6-16-7-5-11;/h2-8,13,19H,9-10H2,1H3,(H2,15,17,18);1H. The first kappa shape index (κ1) is 17.4. The molecule has 0 bridgehead atoms. The van der Waals surface area contributed by atoms with E-state index in [0.717, 1.165) is 11.3 Å². The van der Waals surface area contributed by atoms with Crippen molar-refractivity contribution >= 4 is 29.9 Å². The molecule has 0 saturated carbocycles. The van der Waals surface area contributed by atoms with Gasteiger partial charge in [-0.3, -0.25) is 9.98 Å². The number of pyridine rings is 1. The van der Waals surface area contributed by atoms with Crippen LogP contribution in [0.25, 0.3) is 0 Å². The number of nitrogens with one attached hydrogen (secondary N) is 2. The molecule has 6 nitrogen and oxygen atoms in total. The number of aliphatic hydroxyl groups excluding tert-OH is 1. The van der Waals surface area contributed by atoms with E-state index in [0.29, 0.717) is 19.0 Å². The van der Waals surface area contributed by atoms with Gasteiger partial charge in [0.15, 0.2) is 5.96 Å². The lowest BCUT2D eigenvalue weighted by molar-refractivity contribution is 0.180. The van der Waals surface area contributed by atoms with Crippen molar-refractivity contribution in [3.8, 4) is 0 Å². The third kappa shape index (κ3) is 5.72. The molecular weight excluding hydrogens is 383 g/mol. The molecule has 7 heteroatoms. The van der Waals surface area contributed by atoms with E-state index in [4.69, 9.17) is 4.42 Å². The lowest BCUT2D eigenvalue weighted by Crippen LogP contribution is -2.38. The fraction of sp³-hybridized carbons (Fsp3) is 0.286. The highest BCUT2D eigenvalue weighted by molar-refractivity contribution is 14.0. The zero-order valence-corrected chi connectivity index (χ0v) is 14.0. The quantitative estimate of drug-likeness (QED) is 0.403. The Labute approximate surface area is 140 Å². The topological polar surface area (TPSA) is 82.7 Å². The molecule has 2 rings (SSSR count). The highest BCUT2D eigenvalue weighted by Crippen LogP contribution is 2.09. The number of rotatable bonds is 5. The monoisotopic (exact) mass is 402 g/mol. The molecule has 1 atom stereocenters. The summed E-state index contributed by atoms with van der Waals surface area (Å²) in [7, 11) is 1.68. The number of nitrogens with zero attached hydrogens (tertiary/aromatic N) is 2. The van der Waals surface area contributed by atoms with E-state index in [9.17, 15) is 5.11 Å². The minimum Gasteiger partial charge on any atom is -0.467 e. The fourth-order valence-electron chi connectivity index (χ4n) is 1.70. The van der Waals surface area contributed by atoms with Crippen LogP contribution in [0, 0.1) is 0 Å². The summed E-state index contributed by atoms with van der Waals surface area (Å²) in [6.07, 6.45) is 4.33. The Morgan fingerprint density at radius 1 is 1.33 bits per heavy atom. The molecule has 0 fully saturated rings. The summed E-state index contributed by atoms with van der Waals surface area (Å²) in [5.41, 5.74) is 0.814. The zero-order valence-electron chi connectivity index (χ0n) is 11.7. The number of aliphatic hydroxyl groups is 1. The molecule has 3 N–H and O–H groups in total. The van der Waals surface area contributed by atoms with Gasteiger partial charge in [0, 0.05) is 26.0 Å². The smallest absolute Gasteiger partial charge is 0.191 e. The number of hydrogen-bond acceptors (Lipinski definition) is 4. The highest BCUT2D eigenvalue weighted by atomic mass is 127. The van der Waals surface area contributed by atoms with Gasteiger partial charge in [-0.05, 0) is 29.8 Å². The Morgan fingerprint density at radius 2 is 2.10 bits per heavy atom. The maximum atomic E-state index is 10.0. The first-order valence-electron chi connectivity index (χ1n) is 6.34. The predicted octanol–water partition coefficient (Wildman–Crippen LogP) is 1.69. The molecule has 0 aliphatic carbocycles. The highest BCUT2D eigenvalue weighted by Gasteiger charge is 2.08. The molecular formula is C14H19IN4O2. The molecule has 2 aromatic heterocycles. The number of furan rings is 1. The summed E-state index contributed by atoms with van der Waals surface area (Å²) < 4.78 is 5.22. The minimum absolute atomic E-state index is 0. The molecule has 2 heterocycles. The van der Waals surface area contributed by atoms with E-state index in [1.165, 1.54) is 0 Å². The SMILES string of the molecule is CN=C(NCc1ccco1)NCC(O)c1ccncc1.I. The van der Waals surface area contributed by atoms with E-state index < -0.39 is 6.10 Å². The minimum atomic E-state index is -0.611. The van der Waals surface area contributed by atoms with Gasteiger partial charge in [-0.1, -0.05) is 0 Å². The van der Waals surface area contributed by atoms with Crippen LogP contribution in [0.5, 0.6) is 0 Å². The maximum Gasteiger partial charge on any atom is 0.191 e. The Kier molecular flexibility index (Phi) is 7.76. The van der Waals surface area contributed by atoms with E-state index in [-0.39, 0.29) is 24.0 Å². The Bertz CT molecular complexity index is 531. The van der Waals surface area contributed by atoms with Gasteiger partial charge in [-0.25, -0.2) is 0 Å².